The fourth-order valence-electron chi connectivity index (χ4n) is 9.09. The van der Waals surface area contributed by atoms with Crippen LogP contribution in [0.15, 0.2) is 11.6 Å². The van der Waals surface area contributed by atoms with Crippen LogP contribution in [-0.2, 0) is 9.53 Å². The summed E-state index contributed by atoms with van der Waals surface area (Å²) in [6, 6.07) is 0. The van der Waals surface area contributed by atoms with E-state index < -0.39 is 5.38 Å². The van der Waals surface area contributed by atoms with Gasteiger partial charge in [-0.1, -0.05) is 84.3 Å². The van der Waals surface area contributed by atoms with Crippen molar-refractivity contribution >= 4 is 17.6 Å². The van der Waals surface area contributed by atoms with Crippen molar-refractivity contribution in [3.05, 3.63) is 11.6 Å². The van der Waals surface area contributed by atoms with Crippen LogP contribution in [0.25, 0.3) is 0 Å². The van der Waals surface area contributed by atoms with Crippen molar-refractivity contribution in [2.24, 2.45) is 34.5 Å². The van der Waals surface area contributed by atoms with Crippen LogP contribution >= 0.6 is 11.6 Å². The first-order valence-electron chi connectivity index (χ1n) is 15.4. The molecule has 3 saturated carbocycles. The SMILES string of the molecule is CCCCCCCC[C@H]1CC[C@@H]2[C@H]3CC=C4C[C@@H](OC(=O)[C@H](Cl)CCC)CC[C@]4(C)[C@@H]3CC[C@]12C. The number of hydrogen-bond acceptors (Lipinski definition) is 2. The van der Waals surface area contributed by atoms with Gasteiger partial charge >= 0.3 is 5.97 Å². The number of allylic oxidation sites excluding steroid dienone is 1. The Morgan fingerprint density at radius 3 is 2.54 bits per heavy atom. The number of carbonyl (C=O) groups excluding carboxylic acids is 1. The molecule has 35 heavy (non-hydrogen) atoms. The third-order valence-electron chi connectivity index (χ3n) is 11.2. The number of fused-ring (bicyclic) bond motifs is 5. The second-order valence-corrected chi connectivity index (χ2v) is 13.7. The van der Waals surface area contributed by atoms with Crippen LogP contribution in [0.2, 0.25) is 0 Å². The first-order valence-corrected chi connectivity index (χ1v) is 15.8. The third-order valence-corrected chi connectivity index (χ3v) is 11.6. The normalized spacial score (nSPS) is 39.2. The summed E-state index contributed by atoms with van der Waals surface area (Å²) in [4.78, 5) is 12.4. The van der Waals surface area contributed by atoms with Crippen LogP contribution in [0.1, 0.15) is 137 Å². The summed E-state index contributed by atoms with van der Waals surface area (Å²) < 4.78 is 5.89. The molecule has 0 aromatic rings. The van der Waals surface area contributed by atoms with Gasteiger partial charge in [0.05, 0.1) is 0 Å². The Morgan fingerprint density at radius 2 is 1.77 bits per heavy atom. The second kappa shape index (κ2) is 11.9. The predicted octanol–water partition coefficient (Wildman–Crippen LogP) is 9.64. The van der Waals surface area contributed by atoms with Crippen LogP contribution in [0, 0.1) is 34.5 Å². The maximum absolute atomic E-state index is 12.4. The average Bonchev–Trinajstić information content (AvgIpc) is 3.18. The van der Waals surface area contributed by atoms with Crippen molar-refractivity contribution in [1.29, 1.82) is 0 Å². The van der Waals surface area contributed by atoms with Crippen LogP contribution in [0.4, 0.5) is 0 Å². The molecule has 2 nitrogen and oxygen atoms in total. The van der Waals surface area contributed by atoms with Gasteiger partial charge in [-0.3, -0.25) is 4.79 Å². The molecule has 0 bridgehead atoms. The quantitative estimate of drug-likeness (QED) is 0.121. The van der Waals surface area contributed by atoms with Gasteiger partial charge < -0.3 is 4.74 Å². The summed E-state index contributed by atoms with van der Waals surface area (Å²) in [5.41, 5.74) is 2.48. The summed E-state index contributed by atoms with van der Waals surface area (Å²) in [6.07, 6.45) is 24.4. The highest BCUT2D eigenvalue weighted by Crippen LogP contribution is 2.66. The highest BCUT2D eigenvalue weighted by atomic mass is 35.5. The highest BCUT2D eigenvalue weighted by Gasteiger charge is 2.58. The van der Waals surface area contributed by atoms with E-state index in [1.54, 1.807) is 5.57 Å². The molecule has 0 N–H and O–H groups in total. The van der Waals surface area contributed by atoms with E-state index in [1.165, 1.54) is 83.5 Å². The monoisotopic (exact) mass is 504 g/mol. The molecule has 3 heteroatoms. The van der Waals surface area contributed by atoms with Gasteiger partial charge in [0, 0.05) is 6.42 Å². The Morgan fingerprint density at radius 1 is 1.00 bits per heavy atom. The number of esters is 1. The molecule has 200 valence electrons. The molecule has 0 saturated heterocycles. The molecule has 0 heterocycles. The van der Waals surface area contributed by atoms with E-state index in [1.807, 2.05) is 0 Å². The van der Waals surface area contributed by atoms with Gasteiger partial charge in [-0.25, -0.2) is 0 Å². The van der Waals surface area contributed by atoms with Gasteiger partial charge in [0.1, 0.15) is 11.5 Å². The molecule has 3 fully saturated rings. The Bertz CT molecular complexity index is 746. The van der Waals surface area contributed by atoms with E-state index in [9.17, 15) is 4.79 Å². The lowest BCUT2D eigenvalue weighted by Gasteiger charge is -2.58. The van der Waals surface area contributed by atoms with E-state index in [-0.39, 0.29) is 12.1 Å². The van der Waals surface area contributed by atoms with Gasteiger partial charge in [0.15, 0.2) is 0 Å². The number of unbranched alkanes of at least 4 members (excludes halogenated alkanes) is 5. The largest absolute Gasteiger partial charge is 0.461 e. The molecule has 0 amide bonds. The number of halogens is 1. The maximum Gasteiger partial charge on any atom is 0.324 e. The second-order valence-electron chi connectivity index (χ2n) is 13.2. The highest BCUT2D eigenvalue weighted by molar-refractivity contribution is 6.29. The van der Waals surface area contributed by atoms with Crippen molar-refractivity contribution in [3.8, 4) is 0 Å². The molecular weight excluding hydrogens is 452 g/mol. The van der Waals surface area contributed by atoms with Gasteiger partial charge in [-0.2, -0.15) is 0 Å². The molecule has 0 spiro atoms. The lowest BCUT2D eigenvalue weighted by molar-refractivity contribution is -0.151. The first-order chi connectivity index (χ1) is 16.8. The van der Waals surface area contributed by atoms with Gasteiger partial charge in [0.2, 0.25) is 0 Å². The van der Waals surface area contributed by atoms with Crippen molar-refractivity contribution in [2.45, 2.75) is 148 Å². The number of hydrogen-bond donors (Lipinski definition) is 0. The summed E-state index contributed by atoms with van der Waals surface area (Å²) in [5.74, 6) is 3.37. The van der Waals surface area contributed by atoms with Crippen LogP contribution in [0.5, 0.6) is 0 Å². The molecule has 4 aliphatic rings. The molecule has 4 rings (SSSR count). The molecule has 0 aromatic carbocycles. The van der Waals surface area contributed by atoms with E-state index in [0.717, 1.165) is 42.9 Å². The van der Waals surface area contributed by atoms with Crippen molar-refractivity contribution in [1.82, 2.24) is 0 Å². The molecule has 0 radical (unpaired) electrons. The van der Waals surface area contributed by atoms with E-state index in [2.05, 4.69) is 33.8 Å². The summed E-state index contributed by atoms with van der Waals surface area (Å²) >= 11 is 6.25. The minimum absolute atomic E-state index is 0.0264. The number of carbonyl (C=O) groups is 1. The summed E-state index contributed by atoms with van der Waals surface area (Å²) in [5, 5.41) is -0.485. The Labute approximate surface area is 221 Å². The van der Waals surface area contributed by atoms with Crippen molar-refractivity contribution in [3.63, 3.8) is 0 Å². The number of alkyl halides is 1. The van der Waals surface area contributed by atoms with Gasteiger partial charge in [-0.05, 0) is 92.3 Å². The zero-order valence-corrected chi connectivity index (χ0v) is 24.0. The van der Waals surface area contributed by atoms with E-state index in [0.29, 0.717) is 17.3 Å². The molecule has 0 aliphatic heterocycles. The first kappa shape index (κ1) is 27.5. The van der Waals surface area contributed by atoms with Crippen molar-refractivity contribution in [2.75, 3.05) is 0 Å². The lowest BCUT2D eigenvalue weighted by Crippen LogP contribution is -2.50. The fourth-order valence-corrected chi connectivity index (χ4v) is 9.36. The summed E-state index contributed by atoms with van der Waals surface area (Å²) in [6.45, 7) is 9.61. The minimum Gasteiger partial charge on any atom is -0.461 e. The zero-order valence-electron chi connectivity index (χ0n) is 23.3. The standard InChI is InChI=1S/C32H53ClO2/c1-5-7-8-9-10-11-13-23-15-17-27-26-16-14-24-22-25(35-30(34)29(33)12-6-2)18-20-32(24,4)28(26)19-21-31(23,27)3/h14,23,25-29H,5-13,15-22H2,1-4H3/t23-,25-,26+,27+,28+,29+,31+,32-/m0/s1. The third kappa shape index (κ3) is 5.68. The number of ether oxygens (including phenoxy) is 1. The Kier molecular flexibility index (Phi) is 9.37. The zero-order chi connectivity index (χ0) is 25.1. The fraction of sp³-hybridized carbons (Fsp3) is 0.906. The topological polar surface area (TPSA) is 26.3 Å². The smallest absolute Gasteiger partial charge is 0.324 e. The predicted molar refractivity (Wildman–Crippen MR) is 148 cm³/mol. The van der Waals surface area contributed by atoms with Gasteiger partial charge in [0.25, 0.3) is 0 Å². The van der Waals surface area contributed by atoms with E-state index in [4.69, 9.17) is 16.3 Å². The Hall–Kier alpha value is -0.500. The maximum atomic E-state index is 12.4. The van der Waals surface area contributed by atoms with Crippen LogP contribution in [-0.4, -0.2) is 17.5 Å². The molecule has 8 atom stereocenters. The van der Waals surface area contributed by atoms with Crippen molar-refractivity contribution < 1.29 is 9.53 Å². The molecular formula is C32H53ClO2. The Balaban J connectivity index is 1.36. The van der Waals surface area contributed by atoms with E-state index >= 15 is 0 Å². The molecule has 0 aromatic heterocycles. The molecule has 4 aliphatic carbocycles. The lowest BCUT2D eigenvalue weighted by atomic mass is 9.47. The van der Waals surface area contributed by atoms with Crippen LogP contribution in [0.3, 0.4) is 0 Å². The minimum atomic E-state index is -0.485. The number of rotatable bonds is 11. The average molecular weight is 505 g/mol. The van der Waals surface area contributed by atoms with Crippen LogP contribution < -0.4 is 0 Å². The van der Waals surface area contributed by atoms with Gasteiger partial charge in [-0.15, -0.1) is 11.6 Å². The molecule has 0 unspecified atom stereocenters. The summed E-state index contributed by atoms with van der Waals surface area (Å²) in [7, 11) is 0.